The minimum atomic E-state index is -1.33. The van der Waals surface area contributed by atoms with Crippen molar-refractivity contribution in [2.24, 2.45) is 0 Å². The van der Waals surface area contributed by atoms with Crippen molar-refractivity contribution >= 4 is 47.3 Å². The van der Waals surface area contributed by atoms with Crippen molar-refractivity contribution < 1.29 is 57.7 Å². The van der Waals surface area contributed by atoms with E-state index in [0.29, 0.717) is 38.6 Å². The van der Waals surface area contributed by atoms with E-state index in [1.807, 2.05) is 0 Å². The lowest BCUT2D eigenvalue weighted by molar-refractivity contribution is -0.149. The molecule has 20 heteroatoms. The molecule has 3 aliphatic heterocycles. The Morgan fingerprint density at radius 1 is 0.639 bits per heavy atom. The van der Waals surface area contributed by atoms with Gasteiger partial charge < -0.3 is 61.0 Å². The van der Waals surface area contributed by atoms with Gasteiger partial charge in [-0.15, -0.1) is 0 Å². The molecule has 0 bridgehead atoms. The molecule has 7 amide bonds. The summed E-state index contributed by atoms with van der Waals surface area (Å²) in [6.45, 7) is 17.3. The van der Waals surface area contributed by atoms with Gasteiger partial charge in [-0.3, -0.25) is 33.6 Å². The average Bonchev–Trinajstić information content (AvgIpc) is 3.96. The number of hydrogen-bond donors (Lipinski definition) is 7. The monoisotopic (exact) mass is 867 g/mol. The number of carbonyl (C=O) groups excluding carboxylic acids is 7. The van der Waals surface area contributed by atoms with Gasteiger partial charge in [0.05, 0.1) is 49.2 Å². The summed E-state index contributed by atoms with van der Waals surface area (Å²) in [4.78, 5) is 109. The first kappa shape index (κ1) is 51.0. The zero-order valence-corrected chi connectivity index (χ0v) is 37.6. The molecule has 0 aromatic carbocycles. The molecular weight excluding hydrogens is 796 g/mol. The molecule has 0 aromatic rings. The van der Waals surface area contributed by atoms with Gasteiger partial charge in [0.15, 0.2) is 6.04 Å². The Balaban J connectivity index is 1.62. The summed E-state index contributed by atoms with van der Waals surface area (Å²) in [6, 6.07) is -7.15. The SMILES string of the molecule is C[C@H](NC(=O)CNC(=O)[C@H](COC(C)(C)C)NC(=O)[C@H](COC(C)(C)C)NC(=O)[C@@H]1CCCN1)C(=O)N1CCC[C@H]1C(=O)N1CCC[C@H]1C(=O)N[C@@H](COC(C)(C)C)C(=O)O. The first-order valence-electron chi connectivity index (χ1n) is 21.2. The number of amides is 7. The van der Waals surface area contributed by atoms with Gasteiger partial charge in [0, 0.05) is 13.1 Å². The number of nitrogens with one attached hydrogen (secondary N) is 6. The summed E-state index contributed by atoms with van der Waals surface area (Å²) < 4.78 is 17.2. The molecule has 7 atom stereocenters. The maximum absolute atomic E-state index is 13.9. The second-order valence-corrected chi connectivity index (χ2v) is 18.8. The number of nitrogens with zero attached hydrogens (tertiary/aromatic N) is 2. The van der Waals surface area contributed by atoms with Gasteiger partial charge in [-0.25, -0.2) is 4.79 Å². The van der Waals surface area contributed by atoms with Gasteiger partial charge >= 0.3 is 5.97 Å². The van der Waals surface area contributed by atoms with Gasteiger partial charge in [-0.2, -0.15) is 0 Å². The van der Waals surface area contributed by atoms with Crippen LogP contribution in [0.2, 0.25) is 0 Å². The zero-order chi connectivity index (χ0) is 45.9. The van der Waals surface area contributed by atoms with E-state index in [1.54, 1.807) is 62.3 Å². The fourth-order valence-corrected chi connectivity index (χ4v) is 6.94. The Bertz CT molecular complexity index is 1580. The van der Waals surface area contributed by atoms with Crippen LogP contribution in [0.3, 0.4) is 0 Å². The van der Waals surface area contributed by atoms with Crippen LogP contribution in [0.4, 0.5) is 0 Å². The van der Waals surface area contributed by atoms with E-state index in [-0.39, 0.29) is 38.8 Å². The van der Waals surface area contributed by atoms with E-state index < -0.39 is 107 Å². The lowest BCUT2D eigenvalue weighted by Gasteiger charge is -2.32. The lowest BCUT2D eigenvalue weighted by Crippen LogP contribution is -2.59. The molecule has 0 spiro atoms. The molecule has 0 saturated carbocycles. The van der Waals surface area contributed by atoms with Crippen LogP contribution in [0.25, 0.3) is 0 Å². The molecule has 346 valence electrons. The van der Waals surface area contributed by atoms with E-state index in [4.69, 9.17) is 14.2 Å². The van der Waals surface area contributed by atoms with Crippen LogP contribution in [0.5, 0.6) is 0 Å². The van der Waals surface area contributed by atoms with Crippen molar-refractivity contribution in [3.8, 4) is 0 Å². The summed E-state index contributed by atoms with van der Waals surface area (Å²) in [5, 5.41) is 25.7. The number of hydrogen-bond acceptors (Lipinski definition) is 12. The number of carboxylic acids is 1. The topological polar surface area (TPSA) is 263 Å². The molecule has 7 N–H and O–H groups in total. The van der Waals surface area contributed by atoms with Crippen LogP contribution < -0.4 is 31.9 Å². The van der Waals surface area contributed by atoms with Crippen LogP contribution in [0.15, 0.2) is 0 Å². The van der Waals surface area contributed by atoms with Crippen molar-refractivity contribution in [2.75, 3.05) is 46.0 Å². The Morgan fingerprint density at radius 2 is 1.15 bits per heavy atom. The fraction of sp³-hybridized carbons (Fsp3) is 0.805. The van der Waals surface area contributed by atoms with Crippen molar-refractivity contribution in [3.05, 3.63) is 0 Å². The summed E-state index contributed by atoms with van der Waals surface area (Å²) in [5.41, 5.74) is -1.97. The Labute approximate surface area is 359 Å². The predicted molar refractivity (Wildman–Crippen MR) is 222 cm³/mol. The van der Waals surface area contributed by atoms with Crippen LogP contribution in [-0.2, 0) is 52.6 Å². The summed E-state index contributed by atoms with van der Waals surface area (Å²) in [5.74, 6) is -5.42. The van der Waals surface area contributed by atoms with Crippen LogP contribution in [0.1, 0.15) is 108 Å². The largest absolute Gasteiger partial charge is 0.480 e. The third-order valence-electron chi connectivity index (χ3n) is 10.1. The third-order valence-corrected chi connectivity index (χ3v) is 10.1. The third kappa shape index (κ3) is 16.8. The molecule has 3 heterocycles. The van der Waals surface area contributed by atoms with Gasteiger partial charge in [0.1, 0.15) is 30.2 Å². The first-order valence-corrected chi connectivity index (χ1v) is 21.2. The minimum Gasteiger partial charge on any atom is -0.480 e. The van der Waals surface area contributed by atoms with Gasteiger partial charge in [-0.05, 0) is 114 Å². The highest BCUT2D eigenvalue weighted by Crippen LogP contribution is 2.26. The van der Waals surface area contributed by atoms with Crippen LogP contribution >= 0.6 is 0 Å². The number of aliphatic carboxylic acids is 1. The quantitative estimate of drug-likeness (QED) is 0.0851. The van der Waals surface area contributed by atoms with E-state index in [2.05, 4.69) is 31.9 Å². The van der Waals surface area contributed by atoms with E-state index >= 15 is 0 Å². The predicted octanol–water partition coefficient (Wildman–Crippen LogP) is -0.674. The molecule has 3 saturated heterocycles. The van der Waals surface area contributed by atoms with Gasteiger partial charge in [0.2, 0.25) is 41.4 Å². The number of likely N-dealkylation sites (tertiary alicyclic amines) is 2. The van der Waals surface area contributed by atoms with Crippen molar-refractivity contribution in [2.45, 2.75) is 167 Å². The molecule has 3 fully saturated rings. The number of carboxylic acid groups (broad SMARTS) is 1. The van der Waals surface area contributed by atoms with E-state index in [0.717, 1.165) is 6.42 Å². The Kier molecular flexibility index (Phi) is 18.5. The maximum atomic E-state index is 13.9. The van der Waals surface area contributed by atoms with Gasteiger partial charge in [-0.1, -0.05) is 0 Å². The molecule has 0 aromatic heterocycles. The second kappa shape index (κ2) is 22.1. The lowest BCUT2D eigenvalue weighted by atomic mass is 10.1. The maximum Gasteiger partial charge on any atom is 0.328 e. The molecule has 0 aliphatic carbocycles. The van der Waals surface area contributed by atoms with Crippen molar-refractivity contribution in [1.29, 1.82) is 0 Å². The fourth-order valence-electron chi connectivity index (χ4n) is 6.94. The molecule has 0 unspecified atom stereocenters. The molecule has 3 rings (SSSR count). The molecule has 20 nitrogen and oxygen atoms in total. The van der Waals surface area contributed by atoms with Crippen LogP contribution in [-0.4, -0.2) is 167 Å². The van der Waals surface area contributed by atoms with Crippen molar-refractivity contribution in [3.63, 3.8) is 0 Å². The number of ether oxygens (including phenoxy) is 3. The number of carbonyl (C=O) groups is 8. The molecule has 3 aliphatic rings. The van der Waals surface area contributed by atoms with E-state index in [1.165, 1.54) is 16.7 Å². The molecular formula is C41H70N8O12. The molecule has 0 radical (unpaired) electrons. The van der Waals surface area contributed by atoms with E-state index in [9.17, 15) is 43.5 Å². The first-order chi connectivity index (χ1) is 28.3. The zero-order valence-electron chi connectivity index (χ0n) is 37.6. The summed E-state index contributed by atoms with van der Waals surface area (Å²) in [6.07, 6.45) is 3.08. The smallest absolute Gasteiger partial charge is 0.328 e. The highest BCUT2D eigenvalue weighted by Gasteiger charge is 2.44. The normalized spacial score (nSPS) is 21.5. The minimum absolute atomic E-state index is 0.172. The Hall–Kier alpha value is -4.40. The summed E-state index contributed by atoms with van der Waals surface area (Å²) >= 11 is 0. The average molecular weight is 867 g/mol. The standard InChI is InChI=1S/C41H70N8O12/c1-24(36(55)49-19-13-16-30(49)37(56)48-18-12-15-29(48)35(54)47-28(38(57)58)23-61-41(8,9)10)44-31(50)20-43-32(51)26(21-59-39(2,3)4)45-34(53)27(22-60-40(5,6)7)46-33(52)25-14-11-17-42-25/h24-30,42H,11-23H2,1-10H3,(H,43,51)(H,44,50)(H,45,53)(H,46,52)(H,47,54)(H,57,58)/t24-,25-,26-,27-,28-,29-,30-/m0/s1. The van der Waals surface area contributed by atoms with Crippen LogP contribution in [0, 0.1) is 0 Å². The van der Waals surface area contributed by atoms with Gasteiger partial charge in [0.25, 0.3) is 0 Å². The van der Waals surface area contributed by atoms with Crippen molar-refractivity contribution in [1.82, 2.24) is 41.7 Å². The number of rotatable bonds is 19. The molecule has 61 heavy (non-hydrogen) atoms. The highest BCUT2D eigenvalue weighted by atomic mass is 16.5. The highest BCUT2D eigenvalue weighted by molar-refractivity contribution is 5.97. The second-order valence-electron chi connectivity index (χ2n) is 18.8. The summed E-state index contributed by atoms with van der Waals surface area (Å²) in [7, 11) is 0. The Morgan fingerprint density at radius 3 is 1.67 bits per heavy atom.